The van der Waals surface area contributed by atoms with Gasteiger partial charge in [-0.25, -0.2) is 4.68 Å². The van der Waals surface area contributed by atoms with Gasteiger partial charge in [0.05, 0.1) is 12.2 Å². The van der Waals surface area contributed by atoms with Crippen molar-refractivity contribution in [2.24, 2.45) is 0 Å². The van der Waals surface area contributed by atoms with Crippen molar-refractivity contribution in [2.45, 2.75) is 25.4 Å². The Hall–Kier alpha value is -3.86. The van der Waals surface area contributed by atoms with Crippen molar-refractivity contribution in [2.75, 3.05) is 13.6 Å². The average molecular weight is 403 g/mol. The van der Waals surface area contributed by atoms with E-state index in [0.717, 1.165) is 18.2 Å². The molecule has 0 radical (unpaired) electrons. The molecule has 8 heteroatoms. The molecule has 4 rings (SSSR count). The van der Waals surface area contributed by atoms with Gasteiger partial charge in [0, 0.05) is 26.2 Å². The second-order valence-corrected chi connectivity index (χ2v) is 7.10. The standard InChI is InChI=1S/C22H21N5O3/c1-3-4-10-16-11-12-26(24-16)19(15-8-6-5-7-9-15)17-14-25(2)22(30)20-21(29)18(28)13-23-27(17)20/h5-9,11-13,17,19,29H,3,14H2,1-2H3/t17-,19-/m0/s1. The second kappa shape index (κ2) is 7.87. The number of rotatable bonds is 3. The highest BCUT2D eigenvalue weighted by atomic mass is 16.3. The maximum Gasteiger partial charge on any atom is 0.275 e. The number of carbonyl (C=O) groups is 1. The van der Waals surface area contributed by atoms with Crippen molar-refractivity contribution in [1.82, 2.24) is 24.5 Å². The first kappa shape index (κ1) is 19.5. The van der Waals surface area contributed by atoms with Crippen LogP contribution < -0.4 is 5.43 Å². The van der Waals surface area contributed by atoms with Crippen molar-refractivity contribution >= 4 is 5.91 Å². The summed E-state index contributed by atoms with van der Waals surface area (Å²) in [6, 6.07) is 10.8. The summed E-state index contributed by atoms with van der Waals surface area (Å²) in [5.41, 5.74) is 0.805. The molecule has 3 aromatic rings. The summed E-state index contributed by atoms with van der Waals surface area (Å²) >= 11 is 0. The molecule has 8 nitrogen and oxygen atoms in total. The topological polar surface area (TPSA) is 93.3 Å². The Morgan fingerprint density at radius 2 is 2.00 bits per heavy atom. The highest BCUT2D eigenvalue weighted by molar-refractivity contribution is 5.95. The molecule has 3 heterocycles. The first-order valence-electron chi connectivity index (χ1n) is 9.66. The monoisotopic (exact) mass is 403 g/mol. The predicted molar refractivity (Wildman–Crippen MR) is 110 cm³/mol. The lowest BCUT2D eigenvalue weighted by Gasteiger charge is -2.37. The first-order valence-corrected chi connectivity index (χ1v) is 9.66. The number of fused-ring (bicyclic) bond motifs is 1. The molecule has 0 spiro atoms. The van der Waals surface area contributed by atoms with Crippen LogP contribution in [0, 0.1) is 11.8 Å². The quantitative estimate of drug-likeness (QED) is 0.674. The van der Waals surface area contributed by atoms with Crippen LogP contribution in [0.4, 0.5) is 0 Å². The fourth-order valence-corrected chi connectivity index (χ4v) is 3.70. The number of hydrogen-bond acceptors (Lipinski definition) is 5. The van der Waals surface area contributed by atoms with E-state index in [4.69, 9.17) is 0 Å². The molecule has 0 bridgehead atoms. The zero-order chi connectivity index (χ0) is 21.3. The van der Waals surface area contributed by atoms with E-state index in [1.807, 2.05) is 49.5 Å². The van der Waals surface area contributed by atoms with Crippen LogP contribution >= 0.6 is 0 Å². The molecular formula is C22H21N5O3. The molecule has 1 aliphatic heterocycles. The summed E-state index contributed by atoms with van der Waals surface area (Å²) in [5.74, 6) is 5.00. The molecule has 2 atom stereocenters. The van der Waals surface area contributed by atoms with Gasteiger partial charge in [0.25, 0.3) is 5.91 Å². The smallest absolute Gasteiger partial charge is 0.275 e. The molecule has 0 saturated carbocycles. The van der Waals surface area contributed by atoms with Crippen LogP contribution in [0.5, 0.6) is 5.75 Å². The van der Waals surface area contributed by atoms with Crippen LogP contribution in [0.25, 0.3) is 0 Å². The number of aromatic hydroxyl groups is 1. The Labute approximate surface area is 173 Å². The summed E-state index contributed by atoms with van der Waals surface area (Å²) in [6.45, 7) is 2.30. The van der Waals surface area contributed by atoms with Crippen LogP contribution in [-0.4, -0.2) is 49.1 Å². The molecule has 1 N–H and O–H groups in total. The maximum atomic E-state index is 12.7. The van der Waals surface area contributed by atoms with E-state index in [0.29, 0.717) is 12.2 Å². The van der Waals surface area contributed by atoms with E-state index in [1.54, 1.807) is 11.7 Å². The molecule has 0 aliphatic carbocycles. The third-order valence-electron chi connectivity index (χ3n) is 5.10. The van der Waals surface area contributed by atoms with Crippen molar-refractivity contribution in [3.63, 3.8) is 0 Å². The van der Waals surface area contributed by atoms with Crippen molar-refractivity contribution in [1.29, 1.82) is 0 Å². The number of amides is 1. The third-order valence-corrected chi connectivity index (χ3v) is 5.10. The van der Waals surface area contributed by atoms with Crippen molar-refractivity contribution in [3.05, 3.63) is 76.0 Å². The second-order valence-electron chi connectivity index (χ2n) is 7.10. The van der Waals surface area contributed by atoms with Gasteiger partial charge in [-0.05, 0) is 17.6 Å². The van der Waals surface area contributed by atoms with Crippen LogP contribution in [0.2, 0.25) is 0 Å². The number of likely N-dealkylation sites (N-methyl/N-ethyl adjacent to an activating group) is 1. The summed E-state index contributed by atoms with van der Waals surface area (Å²) in [4.78, 5) is 26.1. The minimum Gasteiger partial charge on any atom is -0.502 e. The lowest BCUT2D eigenvalue weighted by atomic mass is 9.97. The Balaban J connectivity index is 1.90. The van der Waals surface area contributed by atoms with E-state index in [2.05, 4.69) is 22.0 Å². The van der Waals surface area contributed by atoms with Gasteiger partial charge in [-0.15, -0.1) is 0 Å². The molecule has 1 amide bonds. The van der Waals surface area contributed by atoms with Gasteiger partial charge in [-0.2, -0.15) is 10.2 Å². The molecule has 0 fully saturated rings. The number of hydrogen-bond donors (Lipinski definition) is 1. The number of carbonyl (C=O) groups excluding carboxylic acids is 1. The molecule has 2 aromatic heterocycles. The van der Waals surface area contributed by atoms with E-state index in [-0.39, 0.29) is 11.7 Å². The summed E-state index contributed by atoms with van der Waals surface area (Å²) in [7, 11) is 1.64. The maximum absolute atomic E-state index is 12.7. The van der Waals surface area contributed by atoms with E-state index in [9.17, 15) is 14.7 Å². The van der Waals surface area contributed by atoms with E-state index < -0.39 is 23.1 Å². The van der Waals surface area contributed by atoms with Gasteiger partial charge in [0.1, 0.15) is 11.7 Å². The highest BCUT2D eigenvalue weighted by Crippen LogP contribution is 2.35. The van der Waals surface area contributed by atoms with Gasteiger partial charge in [0.15, 0.2) is 11.4 Å². The van der Waals surface area contributed by atoms with Crippen LogP contribution in [0.15, 0.2) is 53.6 Å². The Morgan fingerprint density at radius 1 is 1.23 bits per heavy atom. The largest absolute Gasteiger partial charge is 0.502 e. The fraction of sp³-hybridized carbons (Fsp3) is 0.273. The number of nitrogens with zero attached hydrogens (tertiary/aromatic N) is 5. The van der Waals surface area contributed by atoms with Gasteiger partial charge < -0.3 is 10.0 Å². The molecular weight excluding hydrogens is 382 g/mol. The van der Waals surface area contributed by atoms with Crippen LogP contribution in [0.3, 0.4) is 0 Å². The molecule has 1 aromatic carbocycles. The highest BCUT2D eigenvalue weighted by Gasteiger charge is 2.38. The summed E-state index contributed by atoms with van der Waals surface area (Å²) in [5, 5.41) is 19.1. The minimum absolute atomic E-state index is 0.111. The lowest BCUT2D eigenvalue weighted by molar-refractivity contribution is 0.0667. The number of aromatic nitrogens is 4. The molecule has 0 unspecified atom stereocenters. The summed E-state index contributed by atoms with van der Waals surface area (Å²) in [6.07, 6.45) is 3.61. The zero-order valence-electron chi connectivity index (χ0n) is 16.7. The molecule has 30 heavy (non-hydrogen) atoms. The number of benzene rings is 1. The van der Waals surface area contributed by atoms with Crippen molar-refractivity contribution in [3.8, 4) is 17.6 Å². The van der Waals surface area contributed by atoms with Gasteiger partial charge >= 0.3 is 0 Å². The molecule has 152 valence electrons. The molecule has 1 aliphatic rings. The predicted octanol–water partition coefficient (Wildman–Crippen LogP) is 1.82. The zero-order valence-corrected chi connectivity index (χ0v) is 16.7. The minimum atomic E-state index is -0.684. The molecule has 0 saturated heterocycles. The average Bonchev–Trinajstić information content (AvgIpc) is 3.21. The first-order chi connectivity index (χ1) is 14.5. The normalized spacial score (nSPS) is 16.5. The van der Waals surface area contributed by atoms with Gasteiger partial charge in [-0.3, -0.25) is 14.3 Å². The van der Waals surface area contributed by atoms with Gasteiger partial charge in [-0.1, -0.05) is 43.2 Å². The van der Waals surface area contributed by atoms with Crippen LogP contribution in [0.1, 0.15) is 47.2 Å². The lowest BCUT2D eigenvalue weighted by Crippen LogP contribution is -2.46. The van der Waals surface area contributed by atoms with Crippen molar-refractivity contribution < 1.29 is 9.90 Å². The third kappa shape index (κ3) is 3.35. The van der Waals surface area contributed by atoms with E-state index >= 15 is 0 Å². The Morgan fingerprint density at radius 3 is 2.73 bits per heavy atom. The SMILES string of the molecule is CCC#Cc1ccn([C@@H](c2ccccc2)[C@@H]2CN(C)C(=O)c3c(O)c(=O)cnn32)n1. The Kier molecular flexibility index (Phi) is 5.11. The summed E-state index contributed by atoms with van der Waals surface area (Å²) < 4.78 is 3.24. The van der Waals surface area contributed by atoms with E-state index in [1.165, 1.54) is 9.58 Å². The van der Waals surface area contributed by atoms with Gasteiger partial charge in [0.2, 0.25) is 5.43 Å². The van der Waals surface area contributed by atoms with Crippen LogP contribution in [-0.2, 0) is 0 Å². The Bertz CT molecular complexity index is 1200. The fourth-order valence-electron chi connectivity index (χ4n) is 3.70.